The van der Waals surface area contributed by atoms with Crippen molar-refractivity contribution in [1.82, 2.24) is 5.32 Å². The number of ether oxygens (including phenoxy) is 1. The number of hydrogen-bond acceptors (Lipinski definition) is 5. The first-order valence-corrected chi connectivity index (χ1v) is 8.50. The van der Waals surface area contributed by atoms with Crippen LogP contribution < -0.4 is 16.8 Å². The molecule has 0 aliphatic heterocycles. The van der Waals surface area contributed by atoms with Gasteiger partial charge in [0, 0.05) is 25.0 Å². The predicted molar refractivity (Wildman–Crippen MR) is 90.8 cm³/mol. The summed E-state index contributed by atoms with van der Waals surface area (Å²) in [6.45, 7) is 6.22. The third-order valence-electron chi connectivity index (χ3n) is 4.98. The number of guanidine groups is 1. The van der Waals surface area contributed by atoms with E-state index in [0.717, 1.165) is 12.8 Å². The zero-order valence-corrected chi connectivity index (χ0v) is 14.7. The molecule has 0 aromatic rings. The molecule has 0 spiro atoms. The predicted octanol–water partition coefficient (Wildman–Crippen LogP) is 0.213. The molecule has 134 valence electrons. The number of nitrogens with zero attached hydrogens (tertiary/aromatic N) is 1. The van der Waals surface area contributed by atoms with Crippen molar-refractivity contribution in [2.24, 2.45) is 34.2 Å². The van der Waals surface area contributed by atoms with Gasteiger partial charge in [0.05, 0.1) is 18.6 Å². The van der Waals surface area contributed by atoms with Crippen molar-refractivity contribution in [2.75, 3.05) is 13.7 Å². The van der Waals surface area contributed by atoms with Gasteiger partial charge in [-0.1, -0.05) is 26.7 Å². The maximum Gasteiger partial charge on any atom is 0.311 e. The Labute approximate surface area is 138 Å². The topological polar surface area (TPSA) is 123 Å². The van der Waals surface area contributed by atoms with Gasteiger partial charge < -0.3 is 26.6 Å². The van der Waals surface area contributed by atoms with Crippen molar-refractivity contribution in [1.29, 1.82) is 0 Å². The fourth-order valence-electron chi connectivity index (χ4n) is 3.61. The number of nitrogens with two attached hydrogens (primary N) is 2. The van der Waals surface area contributed by atoms with Crippen molar-refractivity contribution < 1.29 is 14.6 Å². The fraction of sp³-hybridized carbons (Fsp3) is 0.875. The Kier molecular flexibility index (Phi) is 7.78. The van der Waals surface area contributed by atoms with Crippen molar-refractivity contribution >= 4 is 11.9 Å². The lowest BCUT2D eigenvalue weighted by molar-refractivity contribution is -0.151. The van der Waals surface area contributed by atoms with Gasteiger partial charge in [-0.3, -0.25) is 9.79 Å². The first-order valence-electron chi connectivity index (χ1n) is 8.50. The zero-order chi connectivity index (χ0) is 17.6. The van der Waals surface area contributed by atoms with Crippen molar-refractivity contribution in [3.8, 4) is 0 Å². The molecular formula is C16H32N4O3. The van der Waals surface area contributed by atoms with Gasteiger partial charge in [0.1, 0.15) is 0 Å². The number of hydrogen-bond donors (Lipinski definition) is 4. The van der Waals surface area contributed by atoms with Crippen LogP contribution in [0.15, 0.2) is 4.99 Å². The molecule has 0 aromatic carbocycles. The summed E-state index contributed by atoms with van der Waals surface area (Å²) in [5.74, 6) is -0.664. The second-order valence-corrected chi connectivity index (χ2v) is 6.18. The van der Waals surface area contributed by atoms with Crippen LogP contribution in [0, 0.1) is 17.8 Å². The number of nitrogens with one attached hydrogen (secondary N) is 1. The van der Waals surface area contributed by atoms with E-state index in [2.05, 4.69) is 24.2 Å². The van der Waals surface area contributed by atoms with E-state index >= 15 is 0 Å². The number of aliphatic hydroxyl groups is 1. The second kappa shape index (κ2) is 9.08. The van der Waals surface area contributed by atoms with Crippen LogP contribution >= 0.6 is 0 Å². The standard InChI is InChI=1S/C16H32N4O3/c1-5-9(6-2)13(17)12-11(20-16(18)19-4)8-10(14(12)21)15(22)23-7-3/h9-14,21H,5-8,17H2,1-4H3,(H3,18,19,20)/t10-,11+,12+,13?,14+/m0/s1. The van der Waals surface area contributed by atoms with Gasteiger partial charge in [0.15, 0.2) is 5.96 Å². The minimum atomic E-state index is -0.841. The summed E-state index contributed by atoms with van der Waals surface area (Å²) in [4.78, 5) is 16.0. The molecule has 0 radical (unpaired) electrons. The van der Waals surface area contributed by atoms with Gasteiger partial charge in [-0.2, -0.15) is 0 Å². The molecule has 1 rings (SSSR count). The first kappa shape index (κ1) is 19.7. The number of aliphatic imine (C=N–C) groups is 1. The molecule has 1 unspecified atom stereocenters. The third-order valence-corrected chi connectivity index (χ3v) is 4.98. The number of carbonyl (C=O) groups excluding carboxylic acids is 1. The molecule has 0 bridgehead atoms. The van der Waals surface area contributed by atoms with Crippen LogP contribution in [0.25, 0.3) is 0 Å². The summed E-state index contributed by atoms with van der Waals surface area (Å²) >= 11 is 0. The summed E-state index contributed by atoms with van der Waals surface area (Å²) in [7, 11) is 1.59. The van der Waals surface area contributed by atoms with Gasteiger partial charge in [0.2, 0.25) is 0 Å². The highest BCUT2D eigenvalue weighted by Crippen LogP contribution is 2.37. The molecule has 5 atom stereocenters. The van der Waals surface area contributed by atoms with E-state index in [0.29, 0.717) is 13.0 Å². The Morgan fingerprint density at radius 2 is 2.00 bits per heavy atom. The third kappa shape index (κ3) is 4.57. The van der Waals surface area contributed by atoms with E-state index in [-0.39, 0.29) is 35.8 Å². The quantitative estimate of drug-likeness (QED) is 0.301. The number of aliphatic hydroxyl groups excluding tert-OH is 1. The van der Waals surface area contributed by atoms with Crippen molar-refractivity contribution in [3.05, 3.63) is 0 Å². The lowest BCUT2D eigenvalue weighted by Crippen LogP contribution is -2.52. The Morgan fingerprint density at radius 1 is 1.39 bits per heavy atom. The minimum Gasteiger partial charge on any atom is -0.466 e. The minimum absolute atomic E-state index is 0.196. The summed E-state index contributed by atoms with van der Waals surface area (Å²) in [6.07, 6.45) is 1.45. The summed E-state index contributed by atoms with van der Waals surface area (Å²) in [5.41, 5.74) is 12.2. The fourth-order valence-corrected chi connectivity index (χ4v) is 3.61. The highest BCUT2D eigenvalue weighted by Gasteiger charge is 2.50. The van der Waals surface area contributed by atoms with Crippen molar-refractivity contribution in [3.63, 3.8) is 0 Å². The molecule has 7 nitrogen and oxygen atoms in total. The molecule has 1 aliphatic rings. The van der Waals surface area contributed by atoms with E-state index in [1.54, 1.807) is 14.0 Å². The highest BCUT2D eigenvalue weighted by molar-refractivity contribution is 5.79. The normalized spacial score (nSPS) is 29.6. The van der Waals surface area contributed by atoms with Gasteiger partial charge in [0.25, 0.3) is 0 Å². The van der Waals surface area contributed by atoms with E-state index in [4.69, 9.17) is 16.2 Å². The molecule has 1 fully saturated rings. The second-order valence-electron chi connectivity index (χ2n) is 6.18. The molecule has 0 amide bonds. The van der Waals surface area contributed by atoms with E-state index in [1.807, 2.05) is 0 Å². The van der Waals surface area contributed by atoms with Crippen LogP contribution in [0.2, 0.25) is 0 Å². The van der Waals surface area contributed by atoms with Crippen LogP contribution in [0.4, 0.5) is 0 Å². The number of carbonyl (C=O) groups is 1. The van der Waals surface area contributed by atoms with Crippen LogP contribution in [0.5, 0.6) is 0 Å². The lowest BCUT2D eigenvalue weighted by atomic mass is 9.81. The summed E-state index contributed by atoms with van der Waals surface area (Å²) in [6, 6.07) is -0.416. The maximum atomic E-state index is 12.1. The first-order chi connectivity index (χ1) is 10.9. The van der Waals surface area contributed by atoms with Crippen LogP contribution in [0.1, 0.15) is 40.0 Å². The highest BCUT2D eigenvalue weighted by atomic mass is 16.5. The SMILES string of the molecule is CCOC(=O)[C@H]1C[C@@H](NC(N)=NC)[C@H](C(N)C(CC)CC)[C@@H]1O. The van der Waals surface area contributed by atoms with Crippen molar-refractivity contribution in [2.45, 2.75) is 58.2 Å². The zero-order valence-electron chi connectivity index (χ0n) is 14.7. The molecular weight excluding hydrogens is 296 g/mol. The molecule has 1 aliphatic carbocycles. The number of esters is 1. The smallest absolute Gasteiger partial charge is 0.311 e. The Hall–Kier alpha value is -1.34. The molecule has 0 saturated heterocycles. The van der Waals surface area contributed by atoms with Gasteiger partial charge in [-0.05, 0) is 19.3 Å². The summed E-state index contributed by atoms with van der Waals surface area (Å²) < 4.78 is 5.09. The van der Waals surface area contributed by atoms with Crippen LogP contribution in [-0.2, 0) is 9.53 Å². The average molecular weight is 328 g/mol. The Morgan fingerprint density at radius 3 is 2.48 bits per heavy atom. The van der Waals surface area contributed by atoms with Gasteiger partial charge in [-0.15, -0.1) is 0 Å². The molecule has 6 N–H and O–H groups in total. The molecule has 23 heavy (non-hydrogen) atoms. The Balaban J connectivity index is 3.01. The largest absolute Gasteiger partial charge is 0.466 e. The van der Waals surface area contributed by atoms with Gasteiger partial charge in [-0.25, -0.2) is 0 Å². The Bertz CT molecular complexity index is 412. The van der Waals surface area contributed by atoms with Crippen LogP contribution in [-0.4, -0.2) is 48.9 Å². The molecule has 0 aromatic heterocycles. The van der Waals surface area contributed by atoms with E-state index in [9.17, 15) is 9.90 Å². The van der Waals surface area contributed by atoms with Gasteiger partial charge >= 0.3 is 5.97 Å². The maximum absolute atomic E-state index is 12.1. The monoisotopic (exact) mass is 328 g/mol. The lowest BCUT2D eigenvalue weighted by Gasteiger charge is -2.33. The van der Waals surface area contributed by atoms with E-state index in [1.165, 1.54) is 0 Å². The molecule has 1 saturated carbocycles. The average Bonchev–Trinajstić information content (AvgIpc) is 2.84. The molecule has 0 heterocycles. The summed E-state index contributed by atoms with van der Waals surface area (Å²) in [5, 5.41) is 13.8. The number of rotatable bonds is 7. The molecule has 7 heteroatoms. The van der Waals surface area contributed by atoms with Crippen LogP contribution in [0.3, 0.4) is 0 Å². The van der Waals surface area contributed by atoms with E-state index < -0.39 is 12.0 Å².